The van der Waals surface area contributed by atoms with Gasteiger partial charge in [-0.25, -0.2) is 0 Å². The monoisotopic (exact) mass is 260 g/mol. The van der Waals surface area contributed by atoms with Crippen LogP contribution in [0.3, 0.4) is 0 Å². The van der Waals surface area contributed by atoms with E-state index in [0.717, 1.165) is 31.6 Å². The zero-order valence-corrected chi connectivity index (χ0v) is 11.9. The Balaban J connectivity index is 2.92. The summed E-state index contributed by atoms with van der Waals surface area (Å²) < 4.78 is 21.3. The van der Waals surface area contributed by atoms with Gasteiger partial charge in [0.25, 0.3) is 0 Å². The summed E-state index contributed by atoms with van der Waals surface area (Å²) >= 11 is 0. The molecule has 0 saturated carbocycles. The largest absolute Gasteiger partial charge is 0.379 e. The third-order valence-electron chi connectivity index (χ3n) is 2.14. The van der Waals surface area contributed by atoms with Crippen molar-refractivity contribution in [2.45, 2.75) is 26.7 Å². The zero-order chi connectivity index (χ0) is 13.5. The molecular formula is C14H28O4. The Morgan fingerprint density at radius 3 is 1.50 bits per heavy atom. The molecule has 0 unspecified atom stereocenters. The Hall–Kier alpha value is -0.420. The molecule has 4 heteroatoms. The summed E-state index contributed by atoms with van der Waals surface area (Å²) in [7, 11) is 0. The summed E-state index contributed by atoms with van der Waals surface area (Å²) in [6.07, 6.45) is 1.97. The maximum Gasteiger partial charge on any atom is 0.0701 e. The zero-order valence-electron chi connectivity index (χ0n) is 11.9. The van der Waals surface area contributed by atoms with Crippen LogP contribution >= 0.6 is 0 Å². The Kier molecular flexibility index (Phi) is 14.3. The van der Waals surface area contributed by atoms with E-state index < -0.39 is 0 Å². The van der Waals surface area contributed by atoms with Gasteiger partial charge in [0.15, 0.2) is 0 Å². The van der Waals surface area contributed by atoms with Crippen molar-refractivity contribution < 1.29 is 18.9 Å². The molecule has 0 saturated heterocycles. The van der Waals surface area contributed by atoms with E-state index in [-0.39, 0.29) is 0 Å². The van der Waals surface area contributed by atoms with Gasteiger partial charge in [0.1, 0.15) is 0 Å². The van der Waals surface area contributed by atoms with Gasteiger partial charge in [0, 0.05) is 6.61 Å². The topological polar surface area (TPSA) is 36.9 Å². The lowest BCUT2D eigenvalue weighted by Gasteiger charge is -2.07. The van der Waals surface area contributed by atoms with Gasteiger partial charge in [-0.1, -0.05) is 12.5 Å². The lowest BCUT2D eigenvalue weighted by atomic mass is 10.3. The van der Waals surface area contributed by atoms with Gasteiger partial charge in [0.05, 0.1) is 46.2 Å². The second-order valence-corrected chi connectivity index (χ2v) is 4.16. The molecule has 0 aromatic heterocycles. The summed E-state index contributed by atoms with van der Waals surface area (Å²) in [5, 5.41) is 0. The van der Waals surface area contributed by atoms with Crippen molar-refractivity contribution in [2.75, 3.05) is 52.9 Å². The molecule has 0 aliphatic rings. The molecule has 18 heavy (non-hydrogen) atoms. The van der Waals surface area contributed by atoms with Crippen LogP contribution in [-0.4, -0.2) is 52.9 Å². The number of hydrogen-bond donors (Lipinski definition) is 0. The van der Waals surface area contributed by atoms with Crippen molar-refractivity contribution in [2.24, 2.45) is 0 Å². The molecule has 0 fully saturated rings. The average Bonchev–Trinajstić information content (AvgIpc) is 2.34. The Bertz CT molecular complexity index is 183. The molecular weight excluding hydrogens is 232 g/mol. The van der Waals surface area contributed by atoms with Crippen molar-refractivity contribution in [3.63, 3.8) is 0 Å². The van der Waals surface area contributed by atoms with Gasteiger partial charge in [0.2, 0.25) is 0 Å². The molecule has 0 aliphatic carbocycles. The van der Waals surface area contributed by atoms with Crippen LogP contribution in [0.2, 0.25) is 0 Å². The molecule has 4 nitrogen and oxygen atoms in total. The highest BCUT2D eigenvalue weighted by atomic mass is 16.6. The predicted molar refractivity (Wildman–Crippen MR) is 73.0 cm³/mol. The third-order valence-corrected chi connectivity index (χ3v) is 2.14. The second-order valence-electron chi connectivity index (χ2n) is 4.16. The van der Waals surface area contributed by atoms with E-state index in [2.05, 4.69) is 13.5 Å². The molecule has 0 bridgehead atoms. The van der Waals surface area contributed by atoms with Crippen molar-refractivity contribution in [3.8, 4) is 0 Å². The van der Waals surface area contributed by atoms with E-state index in [0.29, 0.717) is 39.6 Å². The Morgan fingerprint density at radius 2 is 1.11 bits per heavy atom. The van der Waals surface area contributed by atoms with Gasteiger partial charge in [-0.15, -0.1) is 6.58 Å². The number of hydrogen-bond acceptors (Lipinski definition) is 4. The highest BCUT2D eigenvalue weighted by molar-refractivity contribution is 4.86. The first-order chi connectivity index (χ1) is 8.77. The first-order valence-corrected chi connectivity index (χ1v) is 6.72. The molecule has 0 atom stereocenters. The third kappa shape index (κ3) is 15.6. The van der Waals surface area contributed by atoms with Gasteiger partial charge >= 0.3 is 0 Å². The first-order valence-electron chi connectivity index (χ1n) is 6.72. The van der Waals surface area contributed by atoms with Crippen molar-refractivity contribution in [3.05, 3.63) is 12.2 Å². The second kappa shape index (κ2) is 14.6. The van der Waals surface area contributed by atoms with Crippen LogP contribution in [0.4, 0.5) is 0 Å². The molecule has 0 aromatic rings. The summed E-state index contributed by atoms with van der Waals surface area (Å²) in [6.45, 7) is 13.2. The van der Waals surface area contributed by atoms with Crippen LogP contribution in [0.25, 0.3) is 0 Å². The standard InChI is InChI=1S/C14H28O4/c1-4-6-15-8-10-17-12-13-18-11-9-16-7-5-14(2)3/h2,4-13H2,1,3H3. The van der Waals surface area contributed by atoms with Crippen molar-refractivity contribution in [1.82, 2.24) is 0 Å². The van der Waals surface area contributed by atoms with E-state index >= 15 is 0 Å². The van der Waals surface area contributed by atoms with Gasteiger partial charge in [-0.2, -0.15) is 0 Å². The fourth-order valence-corrected chi connectivity index (χ4v) is 1.15. The lowest BCUT2D eigenvalue weighted by Crippen LogP contribution is -2.12. The van der Waals surface area contributed by atoms with Crippen LogP contribution in [0.5, 0.6) is 0 Å². The molecule has 0 N–H and O–H groups in total. The minimum Gasteiger partial charge on any atom is -0.379 e. The van der Waals surface area contributed by atoms with E-state index in [9.17, 15) is 0 Å². The SMILES string of the molecule is C=C(C)CCOCCOCCOCCOCCC. The van der Waals surface area contributed by atoms with Crippen molar-refractivity contribution >= 4 is 0 Å². The molecule has 0 aromatic carbocycles. The molecule has 0 spiro atoms. The molecule has 0 amide bonds. The molecule has 0 heterocycles. The van der Waals surface area contributed by atoms with E-state index in [4.69, 9.17) is 18.9 Å². The van der Waals surface area contributed by atoms with Crippen LogP contribution in [0, 0.1) is 0 Å². The maximum absolute atomic E-state index is 5.37. The van der Waals surface area contributed by atoms with Crippen LogP contribution in [0.1, 0.15) is 26.7 Å². The predicted octanol–water partition coefficient (Wildman–Crippen LogP) is 2.43. The van der Waals surface area contributed by atoms with E-state index in [1.807, 2.05) is 6.92 Å². The highest BCUT2D eigenvalue weighted by Gasteiger charge is 1.92. The quantitative estimate of drug-likeness (QED) is 0.355. The number of ether oxygens (including phenoxy) is 4. The van der Waals surface area contributed by atoms with E-state index in [1.54, 1.807) is 0 Å². The minimum absolute atomic E-state index is 0.609. The van der Waals surface area contributed by atoms with Gasteiger partial charge in [-0.3, -0.25) is 0 Å². The molecule has 0 radical (unpaired) electrons. The van der Waals surface area contributed by atoms with Gasteiger partial charge < -0.3 is 18.9 Å². The molecule has 0 rings (SSSR count). The Labute approximate surface area is 111 Å². The minimum atomic E-state index is 0.609. The maximum atomic E-state index is 5.37. The van der Waals surface area contributed by atoms with Crippen LogP contribution < -0.4 is 0 Å². The van der Waals surface area contributed by atoms with Crippen LogP contribution in [0.15, 0.2) is 12.2 Å². The fourth-order valence-electron chi connectivity index (χ4n) is 1.15. The fraction of sp³-hybridized carbons (Fsp3) is 0.857. The summed E-state index contributed by atoms with van der Waals surface area (Å²) in [5.74, 6) is 0. The number of rotatable bonds is 14. The molecule has 0 aliphatic heterocycles. The highest BCUT2D eigenvalue weighted by Crippen LogP contribution is 1.94. The van der Waals surface area contributed by atoms with Gasteiger partial charge in [-0.05, 0) is 19.8 Å². The summed E-state index contributed by atoms with van der Waals surface area (Å²) in [6, 6.07) is 0. The first kappa shape index (κ1) is 17.6. The average molecular weight is 260 g/mol. The normalized spacial score (nSPS) is 10.8. The summed E-state index contributed by atoms with van der Waals surface area (Å²) in [5.41, 5.74) is 1.15. The smallest absolute Gasteiger partial charge is 0.0701 e. The van der Waals surface area contributed by atoms with E-state index in [1.165, 1.54) is 0 Å². The Morgan fingerprint density at radius 1 is 0.722 bits per heavy atom. The lowest BCUT2D eigenvalue weighted by molar-refractivity contribution is -0.00139. The van der Waals surface area contributed by atoms with Crippen LogP contribution in [-0.2, 0) is 18.9 Å². The summed E-state index contributed by atoms with van der Waals surface area (Å²) in [4.78, 5) is 0. The van der Waals surface area contributed by atoms with Crippen molar-refractivity contribution in [1.29, 1.82) is 0 Å². The molecule has 108 valence electrons.